The minimum Gasteiger partial charge on any atom is -0.361 e. The smallest absolute Gasteiger partial charge is 0.261 e. The second-order valence-electron chi connectivity index (χ2n) is 6.09. The van der Waals surface area contributed by atoms with E-state index in [1.807, 2.05) is 13.8 Å². The van der Waals surface area contributed by atoms with Gasteiger partial charge in [-0.05, 0) is 55.8 Å². The molecule has 27 heavy (non-hydrogen) atoms. The van der Waals surface area contributed by atoms with Gasteiger partial charge in [0.1, 0.15) is 5.76 Å². The minimum atomic E-state index is -3.73. The van der Waals surface area contributed by atoms with Gasteiger partial charge in [-0.2, -0.15) is 0 Å². The Labute approximate surface area is 157 Å². The number of carbonyl (C=O) groups is 1. The maximum atomic E-state index is 12.6. The van der Waals surface area contributed by atoms with Gasteiger partial charge in [-0.3, -0.25) is 9.52 Å². The van der Waals surface area contributed by atoms with Crippen LogP contribution in [0.15, 0.2) is 57.9 Å². The van der Waals surface area contributed by atoms with E-state index in [-0.39, 0.29) is 10.8 Å². The van der Waals surface area contributed by atoms with Crippen LogP contribution in [0.4, 0.5) is 11.4 Å². The maximum absolute atomic E-state index is 12.6. The van der Waals surface area contributed by atoms with Crippen molar-refractivity contribution < 1.29 is 17.7 Å². The summed E-state index contributed by atoms with van der Waals surface area (Å²) in [5.74, 6) is 0.488. The predicted octanol–water partition coefficient (Wildman–Crippen LogP) is 3.72. The van der Waals surface area contributed by atoms with E-state index in [4.69, 9.17) is 4.52 Å². The molecular formula is C19H19N3O4S. The molecule has 0 radical (unpaired) electrons. The normalized spacial score (nSPS) is 11.2. The van der Waals surface area contributed by atoms with E-state index in [0.717, 1.165) is 16.8 Å². The van der Waals surface area contributed by atoms with Crippen molar-refractivity contribution in [1.29, 1.82) is 0 Å². The number of nitrogens with one attached hydrogen (secondary N) is 2. The summed E-state index contributed by atoms with van der Waals surface area (Å²) in [5, 5.41) is 6.54. The lowest BCUT2D eigenvalue weighted by atomic mass is 10.0. The largest absolute Gasteiger partial charge is 0.361 e. The van der Waals surface area contributed by atoms with Crippen molar-refractivity contribution in [2.24, 2.45) is 0 Å². The Morgan fingerprint density at radius 2 is 1.56 bits per heavy atom. The van der Waals surface area contributed by atoms with Crippen LogP contribution in [0.2, 0.25) is 0 Å². The third kappa shape index (κ3) is 4.17. The van der Waals surface area contributed by atoms with E-state index in [1.54, 1.807) is 36.4 Å². The first-order valence-electron chi connectivity index (χ1n) is 8.20. The van der Waals surface area contributed by atoms with Crippen LogP contribution in [-0.2, 0) is 14.8 Å². The zero-order valence-corrected chi connectivity index (χ0v) is 15.9. The van der Waals surface area contributed by atoms with Crippen molar-refractivity contribution >= 4 is 27.3 Å². The topological polar surface area (TPSA) is 101 Å². The fourth-order valence-corrected chi connectivity index (χ4v) is 3.79. The highest BCUT2D eigenvalue weighted by atomic mass is 32.2. The predicted molar refractivity (Wildman–Crippen MR) is 103 cm³/mol. The third-order valence-corrected chi connectivity index (χ3v) is 5.34. The Kier molecular flexibility index (Phi) is 5.00. The molecule has 140 valence electrons. The molecule has 8 heteroatoms. The van der Waals surface area contributed by atoms with Crippen molar-refractivity contribution in [3.8, 4) is 11.1 Å². The Morgan fingerprint density at radius 1 is 0.963 bits per heavy atom. The van der Waals surface area contributed by atoms with E-state index < -0.39 is 10.0 Å². The van der Waals surface area contributed by atoms with Crippen molar-refractivity contribution in [1.82, 2.24) is 5.16 Å². The van der Waals surface area contributed by atoms with Crippen LogP contribution >= 0.6 is 0 Å². The SMILES string of the molecule is CC(=O)Nc1ccc(NS(=O)(=O)c2ccc(-c3c(C)noc3C)cc2)cc1. The highest BCUT2D eigenvalue weighted by molar-refractivity contribution is 7.92. The van der Waals surface area contributed by atoms with E-state index in [9.17, 15) is 13.2 Å². The van der Waals surface area contributed by atoms with Gasteiger partial charge in [0.25, 0.3) is 10.0 Å². The number of aryl methyl sites for hydroxylation is 2. The lowest BCUT2D eigenvalue weighted by Crippen LogP contribution is -2.13. The lowest BCUT2D eigenvalue weighted by Gasteiger charge is -2.10. The van der Waals surface area contributed by atoms with Gasteiger partial charge in [-0.25, -0.2) is 8.42 Å². The summed E-state index contributed by atoms with van der Waals surface area (Å²) < 4.78 is 32.8. The first-order valence-corrected chi connectivity index (χ1v) is 9.68. The molecule has 0 atom stereocenters. The van der Waals surface area contributed by atoms with Crippen LogP contribution < -0.4 is 10.0 Å². The van der Waals surface area contributed by atoms with Crippen LogP contribution in [0.5, 0.6) is 0 Å². The molecule has 2 N–H and O–H groups in total. The number of hydrogen-bond acceptors (Lipinski definition) is 5. The lowest BCUT2D eigenvalue weighted by molar-refractivity contribution is -0.114. The molecule has 0 fully saturated rings. The van der Waals surface area contributed by atoms with Crippen molar-refractivity contribution in [3.63, 3.8) is 0 Å². The van der Waals surface area contributed by atoms with Gasteiger partial charge in [0, 0.05) is 23.9 Å². The molecule has 1 aromatic heterocycles. The Balaban J connectivity index is 1.80. The quantitative estimate of drug-likeness (QED) is 0.697. The Hall–Kier alpha value is -3.13. The first-order chi connectivity index (χ1) is 12.8. The van der Waals surface area contributed by atoms with Gasteiger partial charge in [0.15, 0.2) is 0 Å². The molecule has 7 nitrogen and oxygen atoms in total. The van der Waals surface area contributed by atoms with Gasteiger partial charge < -0.3 is 9.84 Å². The summed E-state index contributed by atoms with van der Waals surface area (Å²) in [6, 6.07) is 12.9. The second-order valence-corrected chi connectivity index (χ2v) is 7.77. The second kappa shape index (κ2) is 7.24. The molecule has 0 unspecified atom stereocenters. The van der Waals surface area contributed by atoms with Crippen LogP contribution in [0.3, 0.4) is 0 Å². The van der Waals surface area contributed by atoms with Gasteiger partial charge in [0.05, 0.1) is 10.6 Å². The zero-order chi connectivity index (χ0) is 19.6. The van der Waals surface area contributed by atoms with Crippen molar-refractivity contribution in [2.75, 3.05) is 10.0 Å². The van der Waals surface area contributed by atoms with E-state index in [0.29, 0.717) is 17.1 Å². The summed E-state index contributed by atoms with van der Waals surface area (Å²) in [5.41, 5.74) is 3.44. The fourth-order valence-electron chi connectivity index (χ4n) is 2.73. The summed E-state index contributed by atoms with van der Waals surface area (Å²) in [6.45, 7) is 5.05. The number of aromatic nitrogens is 1. The Bertz CT molecular complexity index is 1050. The summed E-state index contributed by atoms with van der Waals surface area (Å²) in [7, 11) is -3.73. The molecule has 0 aliphatic carbocycles. The average Bonchev–Trinajstić information content (AvgIpc) is 2.95. The average molecular weight is 385 g/mol. The number of sulfonamides is 1. The number of anilines is 2. The standard InChI is InChI=1S/C19H19N3O4S/c1-12-19(13(2)26-21-12)15-4-10-18(11-5-15)27(24,25)22-17-8-6-16(7-9-17)20-14(3)23/h4-11,22H,1-3H3,(H,20,23). The van der Waals surface area contributed by atoms with Crippen LogP contribution in [0, 0.1) is 13.8 Å². The molecule has 0 spiro atoms. The van der Waals surface area contributed by atoms with Gasteiger partial charge >= 0.3 is 0 Å². The fraction of sp³-hybridized carbons (Fsp3) is 0.158. The molecule has 3 rings (SSSR count). The minimum absolute atomic E-state index is 0.143. The number of carbonyl (C=O) groups excluding carboxylic acids is 1. The summed E-state index contributed by atoms with van der Waals surface area (Å²) in [4.78, 5) is 11.2. The molecule has 0 saturated heterocycles. The molecule has 0 bridgehead atoms. The zero-order valence-electron chi connectivity index (χ0n) is 15.1. The number of rotatable bonds is 5. The van der Waals surface area contributed by atoms with E-state index >= 15 is 0 Å². The molecule has 1 heterocycles. The molecule has 0 aliphatic rings. The van der Waals surface area contributed by atoms with Gasteiger partial charge in [0.2, 0.25) is 5.91 Å². The number of benzene rings is 2. The van der Waals surface area contributed by atoms with E-state index in [1.165, 1.54) is 19.1 Å². The molecule has 0 saturated carbocycles. The molecular weight excluding hydrogens is 366 g/mol. The summed E-state index contributed by atoms with van der Waals surface area (Å²) in [6.07, 6.45) is 0. The van der Waals surface area contributed by atoms with Gasteiger partial charge in [-0.15, -0.1) is 0 Å². The molecule has 0 aliphatic heterocycles. The van der Waals surface area contributed by atoms with Crippen LogP contribution in [0.1, 0.15) is 18.4 Å². The molecule has 3 aromatic rings. The van der Waals surface area contributed by atoms with E-state index in [2.05, 4.69) is 15.2 Å². The van der Waals surface area contributed by atoms with Crippen molar-refractivity contribution in [2.45, 2.75) is 25.7 Å². The molecule has 2 aromatic carbocycles. The number of amides is 1. The van der Waals surface area contributed by atoms with Crippen molar-refractivity contribution in [3.05, 3.63) is 60.0 Å². The summed E-state index contributed by atoms with van der Waals surface area (Å²) >= 11 is 0. The highest BCUT2D eigenvalue weighted by Gasteiger charge is 2.16. The third-order valence-electron chi connectivity index (χ3n) is 3.94. The van der Waals surface area contributed by atoms with Gasteiger partial charge in [-0.1, -0.05) is 17.3 Å². The number of hydrogen-bond donors (Lipinski definition) is 2. The van der Waals surface area contributed by atoms with Crippen LogP contribution in [0.25, 0.3) is 11.1 Å². The number of nitrogens with zero attached hydrogens (tertiary/aromatic N) is 1. The first kappa shape index (κ1) is 18.7. The monoisotopic (exact) mass is 385 g/mol. The van der Waals surface area contributed by atoms with Crippen LogP contribution in [-0.4, -0.2) is 19.5 Å². The molecule has 1 amide bonds. The maximum Gasteiger partial charge on any atom is 0.261 e. The highest BCUT2D eigenvalue weighted by Crippen LogP contribution is 2.28. The Morgan fingerprint density at radius 3 is 2.07 bits per heavy atom.